The van der Waals surface area contributed by atoms with Crippen LogP contribution in [0.15, 0.2) is 83.9 Å². The lowest BCUT2D eigenvalue weighted by Gasteiger charge is -2.24. The number of nitrogens with one attached hydrogen (secondary N) is 1. The number of amides is 3. The SMILES string of the molecule is NC(=O)[C@H](Cc1ccccc1)NC(=O)[C@@H]1COC([C@@H]2CCCN2C(=O)OCC2c3ccccc3-c3ccccc32)=N1. The summed E-state index contributed by atoms with van der Waals surface area (Å²) in [7, 11) is 0. The maximum absolute atomic E-state index is 13.3. The van der Waals surface area contributed by atoms with Crippen LogP contribution in [0.4, 0.5) is 4.79 Å². The molecule has 9 nitrogen and oxygen atoms in total. The fraction of sp³-hybridized carbons (Fsp3) is 0.312. The molecule has 3 aromatic carbocycles. The third-order valence-electron chi connectivity index (χ3n) is 8.03. The molecule has 0 saturated carbocycles. The van der Waals surface area contributed by atoms with Gasteiger partial charge in [-0.15, -0.1) is 0 Å². The highest BCUT2D eigenvalue weighted by atomic mass is 16.6. The first-order valence-corrected chi connectivity index (χ1v) is 14.0. The summed E-state index contributed by atoms with van der Waals surface area (Å²) in [4.78, 5) is 44.4. The number of hydrogen-bond donors (Lipinski definition) is 2. The fourth-order valence-electron chi connectivity index (χ4n) is 5.97. The number of carbonyl (C=O) groups is 3. The van der Waals surface area contributed by atoms with Crippen molar-refractivity contribution < 1.29 is 23.9 Å². The van der Waals surface area contributed by atoms with Crippen molar-refractivity contribution in [3.8, 4) is 11.1 Å². The highest BCUT2D eigenvalue weighted by Crippen LogP contribution is 2.44. The van der Waals surface area contributed by atoms with Gasteiger partial charge in [-0.25, -0.2) is 9.79 Å². The Morgan fingerprint density at radius 1 is 0.976 bits per heavy atom. The van der Waals surface area contributed by atoms with Crippen LogP contribution in [-0.4, -0.2) is 66.6 Å². The smallest absolute Gasteiger partial charge is 0.410 e. The molecule has 210 valence electrons. The number of aliphatic imine (C=N–C) groups is 1. The number of rotatable bonds is 8. The first-order chi connectivity index (χ1) is 20.0. The van der Waals surface area contributed by atoms with Crippen LogP contribution in [0.25, 0.3) is 11.1 Å². The van der Waals surface area contributed by atoms with E-state index in [-0.39, 0.29) is 25.6 Å². The van der Waals surface area contributed by atoms with E-state index in [0.717, 1.165) is 23.1 Å². The van der Waals surface area contributed by atoms with Crippen molar-refractivity contribution in [2.45, 2.75) is 43.3 Å². The molecule has 0 spiro atoms. The average molecular weight is 553 g/mol. The fourth-order valence-corrected chi connectivity index (χ4v) is 5.97. The number of likely N-dealkylation sites (tertiary alicyclic amines) is 1. The molecular weight excluding hydrogens is 520 g/mol. The Morgan fingerprint density at radius 2 is 1.63 bits per heavy atom. The van der Waals surface area contributed by atoms with Crippen LogP contribution in [0.3, 0.4) is 0 Å². The van der Waals surface area contributed by atoms with Crippen molar-refractivity contribution in [3.63, 3.8) is 0 Å². The Balaban J connectivity index is 1.09. The quantitative estimate of drug-likeness (QED) is 0.443. The largest absolute Gasteiger partial charge is 0.477 e. The van der Waals surface area contributed by atoms with Gasteiger partial charge in [0.2, 0.25) is 17.7 Å². The molecule has 9 heteroatoms. The van der Waals surface area contributed by atoms with Crippen molar-refractivity contribution in [2.24, 2.45) is 10.7 Å². The summed E-state index contributed by atoms with van der Waals surface area (Å²) in [5.41, 5.74) is 11.1. The van der Waals surface area contributed by atoms with Crippen LogP contribution in [0, 0.1) is 0 Å². The number of primary amides is 1. The van der Waals surface area contributed by atoms with Gasteiger partial charge in [0.05, 0.1) is 0 Å². The van der Waals surface area contributed by atoms with Gasteiger partial charge in [0.1, 0.15) is 25.3 Å². The predicted molar refractivity (Wildman–Crippen MR) is 153 cm³/mol. The third kappa shape index (κ3) is 5.39. The molecule has 2 heterocycles. The summed E-state index contributed by atoms with van der Waals surface area (Å²) in [6.07, 6.45) is 1.29. The first kappa shape index (κ1) is 26.6. The molecule has 0 bridgehead atoms. The van der Waals surface area contributed by atoms with Crippen LogP contribution in [0.5, 0.6) is 0 Å². The van der Waals surface area contributed by atoms with E-state index in [1.54, 1.807) is 4.90 Å². The first-order valence-electron chi connectivity index (χ1n) is 14.0. The van der Waals surface area contributed by atoms with E-state index < -0.39 is 36.0 Å². The standard InChI is InChI=1S/C32H32N4O5/c33-29(37)26(17-20-9-2-1-3-10-20)34-30(38)27-19-40-31(35-27)28-15-8-16-36(28)32(39)41-18-25-23-13-6-4-11-21(23)22-12-5-7-14-24(22)25/h1-7,9-14,25-28H,8,15-19H2,(H2,33,37)(H,34,38)/t26-,27-,28-/m0/s1. The number of fused-ring (bicyclic) bond motifs is 3. The summed E-state index contributed by atoms with van der Waals surface area (Å²) in [6.45, 7) is 0.777. The molecule has 1 fully saturated rings. The number of nitrogens with zero attached hydrogens (tertiary/aromatic N) is 2. The molecule has 0 radical (unpaired) electrons. The van der Waals surface area contributed by atoms with Crippen LogP contribution < -0.4 is 11.1 Å². The van der Waals surface area contributed by atoms with Gasteiger partial charge >= 0.3 is 6.09 Å². The topological polar surface area (TPSA) is 123 Å². The maximum Gasteiger partial charge on any atom is 0.410 e. The molecule has 3 N–H and O–H groups in total. The van der Waals surface area contributed by atoms with Gasteiger partial charge in [-0.05, 0) is 40.7 Å². The number of ether oxygens (including phenoxy) is 2. The van der Waals surface area contributed by atoms with Gasteiger partial charge in [0.15, 0.2) is 6.04 Å². The second kappa shape index (κ2) is 11.4. The molecule has 3 atom stereocenters. The van der Waals surface area contributed by atoms with Crippen molar-refractivity contribution in [3.05, 3.63) is 95.6 Å². The summed E-state index contributed by atoms with van der Waals surface area (Å²) in [6, 6.07) is 23.7. The molecule has 2 aliphatic heterocycles. The molecule has 0 unspecified atom stereocenters. The van der Waals surface area contributed by atoms with Crippen molar-refractivity contribution in [1.29, 1.82) is 0 Å². The Hall–Kier alpha value is -4.66. The molecule has 41 heavy (non-hydrogen) atoms. The highest BCUT2D eigenvalue weighted by molar-refractivity contribution is 5.94. The average Bonchev–Trinajstić information content (AvgIpc) is 3.74. The third-order valence-corrected chi connectivity index (χ3v) is 8.03. The summed E-state index contributed by atoms with van der Waals surface area (Å²) in [5.74, 6) is -0.752. The lowest BCUT2D eigenvalue weighted by Crippen LogP contribution is -2.49. The van der Waals surface area contributed by atoms with Gasteiger partial charge in [0.25, 0.3) is 0 Å². The Kier molecular flexibility index (Phi) is 7.41. The zero-order valence-corrected chi connectivity index (χ0v) is 22.6. The number of hydrogen-bond acceptors (Lipinski definition) is 6. The van der Waals surface area contributed by atoms with Gasteiger partial charge in [-0.2, -0.15) is 0 Å². The Morgan fingerprint density at radius 3 is 2.32 bits per heavy atom. The van der Waals surface area contributed by atoms with E-state index in [9.17, 15) is 14.4 Å². The zero-order chi connectivity index (χ0) is 28.3. The highest BCUT2D eigenvalue weighted by Gasteiger charge is 2.40. The van der Waals surface area contributed by atoms with Crippen LogP contribution in [0.2, 0.25) is 0 Å². The molecular formula is C32H32N4O5. The minimum absolute atomic E-state index is 0.0327. The monoisotopic (exact) mass is 552 g/mol. The van der Waals surface area contributed by atoms with E-state index in [1.165, 1.54) is 11.1 Å². The Bertz CT molecular complexity index is 1440. The van der Waals surface area contributed by atoms with Gasteiger partial charge < -0.3 is 20.5 Å². The second-order valence-corrected chi connectivity index (χ2v) is 10.6. The van der Waals surface area contributed by atoms with Crippen LogP contribution in [-0.2, 0) is 25.5 Å². The predicted octanol–water partition coefficient (Wildman–Crippen LogP) is 3.41. The lowest BCUT2D eigenvalue weighted by molar-refractivity contribution is -0.128. The van der Waals surface area contributed by atoms with Crippen LogP contribution >= 0.6 is 0 Å². The molecule has 0 aromatic heterocycles. The molecule has 6 rings (SSSR count). The minimum atomic E-state index is -0.868. The lowest BCUT2D eigenvalue weighted by atomic mass is 9.98. The number of benzene rings is 3. The zero-order valence-electron chi connectivity index (χ0n) is 22.6. The van der Waals surface area contributed by atoms with E-state index in [0.29, 0.717) is 18.9 Å². The van der Waals surface area contributed by atoms with E-state index in [4.69, 9.17) is 15.2 Å². The van der Waals surface area contributed by atoms with Crippen molar-refractivity contribution in [1.82, 2.24) is 10.2 Å². The number of carbonyl (C=O) groups excluding carboxylic acids is 3. The van der Waals surface area contributed by atoms with Gasteiger partial charge in [-0.1, -0.05) is 78.9 Å². The minimum Gasteiger partial charge on any atom is -0.477 e. The van der Waals surface area contributed by atoms with E-state index in [2.05, 4.69) is 34.6 Å². The molecule has 1 aliphatic carbocycles. The maximum atomic E-state index is 13.3. The molecule has 3 amide bonds. The van der Waals surface area contributed by atoms with Crippen LogP contribution in [0.1, 0.15) is 35.4 Å². The van der Waals surface area contributed by atoms with Gasteiger partial charge in [0, 0.05) is 18.9 Å². The Labute approximate surface area is 238 Å². The summed E-state index contributed by atoms with van der Waals surface area (Å²) < 4.78 is 11.7. The summed E-state index contributed by atoms with van der Waals surface area (Å²) in [5, 5.41) is 2.71. The van der Waals surface area contributed by atoms with Crippen molar-refractivity contribution >= 4 is 23.8 Å². The normalized spacial score (nSPS) is 20.0. The molecule has 3 aromatic rings. The second-order valence-electron chi connectivity index (χ2n) is 10.6. The van der Waals surface area contributed by atoms with Crippen molar-refractivity contribution in [2.75, 3.05) is 19.8 Å². The van der Waals surface area contributed by atoms with E-state index in [1.807, 2.05) is 54.6 Å². The summed E-state index contributed by atoms with van der Waals surface area (Å²) >= 11 is 0. The van der Waals surface area contributed by atoms with Gasteiger partial charge in [-0.3, -0.25) is 14.5 Å². The molecule has 1 saturated heterocycles. The van der Waals surface area contributed by atoms with E-state index >= 15 is 0 Å². The molecule has 3 aliphatic rings. The number of nitrogens with two attached hydrogens (primary N) is 1.